The van der Waals surface area contributed by atoms with Crippen LogP contribution in [0.25, 0.3) is 11.2 Å². The number of anilines is 1. The van der Waals surface area contributed by atoms with Crippen molar-refractivity contribution in [2.45, 2.75) is 19.4 Å². The molecule has 22 heavy (non-hydrogen) atoms. The zero-order chi connectivity index (χ0) is 15.9. The minimum absolute atomic E-state index is 0.0191. The van der Waals surface area contributed by atoms with Gasteiger partial charge in [-0.3, -0.25) is 14.6 Å². The van der Waals surface area contributed by atoms with Crippen LogP contribution in [0.1, 0.15) is 19.4 Å². The smallest absolute Gasteiger partial charge is 0.302 e. The van der Waals surface area contributed by atoms with Crippen LogP contribution in [0.5, 0.6) is 0 Å². The van der Waals surface area contributed by atoms with E-state index in [1.165, 1.54) is 13.3 Å². The van der Waals surface area contributed by atoms with Crippen molar-refractivity contribution in [2.24, 2.45) is 11.8 Å². The van der Waals surface area contributed by atoms with Crippen LogP contribution >= 0.6 is 0 Å². The lowest BCUT2D eigenvalue weighted by Crippen LogP contribution is -2.43. The van der Waals surface area contributed by atoms with Gasteiger partial charge in [-0.1, -0.05) is 0 Å². The van der Waals surface area contributed by atoms with Gasteiger partial charge in [-0.2, -0.15) is 4.98 Å². The number of esters is 1. The fraction of sp³-hybridized carbons (Fsp3) is 0.538. The number of hydrogen-bond acceptors (Lipinski definition) is 7. The number of nitrogens with one attached hydrogen (secondary N) is 1. The molecule has 9 nitrogen and oxygen atoms in total. The fourth-order valence-electron chi connectivity index (χ4n) is 2.95. The number of imidazole rings is 1. The van der Waals surface area contributed by atoms with Crippen LogP contribution in [-0.2, 0) is 9.53 Å². The molecule has 1 fully saturated rings. The van der Waals surface area contributed by atoms with Crippen molar-refractivity contribution in [3.05, 3.63) is 16.7 Å². The molecule has 0 amide bonds. The molecular weight excluding hydrogens is 290 g/mol. The molecule has 9 heteroatoms. The van der Waals surface area contributed by atoms with Crippen LogP contribution in [0.4, 0.5) is 5.95 Å². The predicted octanol–water partition coefficient (Wildman–Crippen LogP) is -0.566. The van der Waals surface area contributed by atoms with E-state index in [0.29, 0.717) is 12.1 Å². The molecule has 0 aromatic carbocycles. The van der Waals surface area contributed by atoms with Crippen molar-refractivity contribution < 1.29 is 14.6 Å². The molecule has 3 rings (SSSR count). The van der Waals surface area contributed by atoms with Crippen LogP contribution in [-0.4, -0.2) is 43.8 Å². The first-order chi connectivity index (χ1) is 10.5. The Kier molecular flexibility index (Phi) is 3.57. The van der Waals surface area contributed by atoms with Gasteiger partial charge in [0.05, 0.1) is 12.9 Å². The number of H-pyrrole nitrogens is 1. The first-order valence-electron chi connectivity index (χ1n) is 6.97. The van der Waals surface area contributed by atoms with E-state index in [1.807, 2.05) is 0 Å². The number of hydrogen-bond donors (Lipinski definition) is 3. The highest BCUT2D eigenvalue weighted by Crippen LogP contribution is 2.44. The van der Waals surface area contributed by atoms with E-state index >= 15 is 0 Å². The van der Waals surface area contributed by atoms with Crippen molar-refractivity contribution in [3.63, 3.8) is 0 Å². The first kappa shape index (κ1) is 14.5. The van der Waals surface area contributed by atoms with Gasteiger partial charge in [0.15, 0.2) is 11.2 Å². The zero-order valence-electron chi connectivity index (χ0n) is 12.0. The van der Waals surface area contributed by atoms with Crippen LogP contribution < -0.4 is 11.3 Å². The molecule has 0 radical (unpaired) electrons. The predicted molar refractivity (Wildman–Crippen MR) is 76.9 cm³/mol. The number of carbonyl (C=O) groups is 1. The highest BCUT2D eigenvalue weighted by atomic mass is 16.5. The lowest BCUT2D eigenvalue weighted by molar-refractivity contribution is -0.146. The largest absolute Gasteiger partial charge is 0.465 e. The second-order valence-electron chi connectivity index (χ2n) is 5.49. The third-order valence-corrected chi connectivity index (χ3v) is 4.17. The van der Waals surface area contributed by atoms with E-state index in [9.17, 15) is 14.7 Å². The average Bonchev–Trinajstić information content (AvgIpc) is 2.82. The Bertz CT molecular complexity index is 767. The molecule has 118 valence electrons. The molecule has 2 heterocycles. The van der Waals surface area contributed by atoms with Crippen LogP contribution in [0.3, 0.4) is 0 Å². The van der Waals surface area contributed by atoms with Crippen molar-refractivity contribution in [1.82, 2.24) is 19.5 Å². The number of rotatable bonds is 4. The molecule has 1 saturated carbocycles. The number of aromatic nitrogens is 4. The number of carbonyl (C=O) groups excluding carboxylic acids is 1. The van der Waals surface area contributed by atoms with Crippen molar-refractivity contribution in [2.75, 3.05) is 18.9 Å². The number of aromatic amines is 1. The van der Waals surface area contributed by atoms with Gasteiger partial charge in [-0.25, -0.2) is 4.98 Å². The average molecular weight is 307 g/mol. The van der Waals surface area contributed by atoms with Crippen LogP contribution in [0, 0.1) is 11.8 Å². The van der Waals surface area contributed by atoms with Crippen LogP contribution in [0.15, 0.2) is 11.1 Å². The maximum absolute atomic E-state index is 11.8. The summed E-state index contributed by atoms with van der Waals surface area (Å²) in [7, 11) is 0. The Morgan fingerprint density at radius 3 is 3.09 bits per heavy atom. The lowest BCUT2D eigenvalue weighted by Gasteiger charge is -2.44. The van der Waals surface area contributed by atoms with Gasteiger partial charge in [-0.15, -0.1) is 0 Å². The molecule has 1 aliphatic rings. The second kappa shape index (κ2) is 5.41. The van der Waals surface area contributed by atoms with Gasteiger partial charge in [0.25, 0.3) is 5.56 Å². The molecule has 1 aliphatic carbocycles. The first-order valence-corrected chi connectivity index (χ1v) is 6.97. The number of ether oxygens (including phenoxy) is 1. The SMILES string of the molecule is CC(=O)OC[C@@H]1[C@@H](CO)C[C@H]1n1cnc2c(=O)[nH]c(N)nc21. The molecule has 2 aromatic heterocycles. The minimum atomic E-state index is -0.393. The number of aliphatic hydroxyl groups excluding tert-OH is 1. The topological polar surface area (TPSA) is 136 Å². The summed E-state index contributed by atoms with van der Waals surface area (Å²) in [5.41, 5.74) is 5.80. The van der Waals surface area contributed by atoms with E-state index in [4.69, 9.17) is 10.5 Å². The zero-order valence-corrected chi connectivity index (χ0v) is 12.0. The third kappa shape index (κ3) is 2.33. The van der Waals surface area contributed by atoms with Gasteiger partial charge in [-0.05, 0) is 12.3 Å². The number of nitrogens with two attached hydrogens (primary N) is 1. The fourth-order valence-corrected chi connectivity index (χ4v) is 2.95. The molecule has 3 atom stereocenters. The molecule has 0 aliphatic heterocycles. The Balaban J connectivity index is 1.93. The van der Waals surface area contributed by atoms with E-state index in [1.54, 1.807) is 4.57 Å². The Hall–Kier alpha value is -2.42. The number of nitrogen functional groups attached to an aromatic ring is 1. The highest BCUT2D eigenvalue weighted by Gasteiger charge is 2.43. The van der Waals surface area contributed by atoms with Crippen LogP contribution in [0.2, 0.25) is 0 Å². The summed E-state index contributed by atoms with van der Waals surface area (Å²) in [5.74, 6) is -0.347. The van der Waals surface area contributed by atoms with Gasteiger partial charge < -0.3 is 20.1 Å². The highest BCUT2D eigenvalue weighted by molar-refractivity contribution is 5.70. The number of nitrogens with zero attached hydrogens (tertiary/aromatic N) is 3. The van der Waals surface area contributed by atoms with E-state index in [0.717, 1.165) is 0 Å². The number of fused-ring (bicyclic) bond motifs is 1. The lowest BCUT2D eigenvalue weighted by atomic mass is 9.70. The molecule has 2 aromatic rings. The summed E-state index contributed by atoms with van der Waals surface area (Å²) >= 11 is 0. The quantitative estimate of drug-likeness (QED) is 0.644. The standard InChI is InChI=1S/C13H17N5O4/c1-6(20)22-4-8-7(3-19)2-9(8)18-5-15-10-11(18)16-13(14)17-12(10)21/h5,7-9,19H,2-4H2,1H3,(H3,14,16,17,21)/t7-,8-,9-/m1/s1. The Labute approximate surface area is 125 Å². The molecule has 0 saturated heterocycles. The molecule has 0 bridgehead atoms. The van der Waals surface area contributed by atoms with E-state index in [2.05, 4.69) is 15.0 Å². The second-order valence-corrected chi connectivity index (χ2v) is 5.49. The van der Waals surface area contributed by atoms with Crippen molar-refractivity contribution in [3.8, 4) is 0 Å². The molecule has 4 N–H and O–H groups in total. The summed E-state index contributed by atoms with van der Waals surface area (Å²) in [6.45, 7) is 1.57. The maximum atomic E-state index is 11.8. The summed E-state index contributed by atoms with van der Waals surface area (Å²) < 4.78 is 6.83. The monoisotopic (exact) mass is 307 g/mol. The Morgan fingerprint density at radius 1 is 1.64 bits per heavy atom. The summed E-state index contributed by atoms with van der Waals surface area (Å²) in [6.07, 6.45) is 2.23. The molecule has 0 spiro atoms. The van der Waals surface area contributed by atoms with Gasteiger partial charge in [0, 0.05) is 25.5 Å². The van der Waals surface area contributed by atoms with Gasteiger partial charge in [0.2, 0.25) is 5.95 Å². The molecule has 0 unspecified atom stereocenters. The van der Waals surface area contributed by atoms with E-state index < -0.39 is 5.56 Å². The summed E-state index contributed by atoms with van der Waals surface area (Å²) in [5, 5.41) is 9.38. The normalized spacial score (nSPS) is 24.2. The maximum Gasteiger partial charge on any atom is 0.302 e. The number of aliphatic hydroxyl groups is 1. The Morgan fingerprint density at radius 2 is 2.41 bits per heavy atom. The van der Waals surface area contributed by atoms with Crippen molar-refractivity contribution in [1.29, 1.82) is 0 Å². The molecular formula is C13H17N5O4. The van der Waals surface area contributed by atoms with E-state index in [-0.39, 0.29) is 48.5 Å². The minimum Gasteiger partial charge on any atom is -0.465 e. The third-order valence-electron chi connectivity index (χ3n) is 4.17. The van der Waals surface area contributed by atoms with Crippen molar-refractivity contribution >= 4 is 23.1 Å². The summed E-state index contributed by atoms with van der Waals surface area (Å²) in [6, 6.07) is -0.0461. The van der Waals surface area contributed by atoms with Gasteiger partial charge >= 0.3 is 5.97 Å². The van der Waals surface area contributed by atoms with Gasteiger partial charge in [0.1, 0.15) is 0 Å². The summed E-state index contributed by atoms with van der Waals surface area (Å²) in [4.78, 5) is 33.4.